The number of hydrogen-bond acceptors (Lipinski definition) is 2. The highest BCUT2D eigenvalue weighted by Gasteiger charge is 2.16. The van der Waals surface area contributed by atoms with Gasteiger partial charge in [-0.2, -0.15) is 0 Å². The van der Waals surface area contributed by atoms with E-state index in [1.807, 2.05) is 57.9 Å². The number of pyridine rings is 1. The molecule has 3 aromatic rings. The first-order chi connectivity index (χ1) is 9.55. The maximum atomic E-state index is 11.8. The quantitative estimate of drug-likeness (QED) is 0.562. The van der Waals surface area contributed by atoms with Crippen LogP contribution in [0.2, 0.25) is 0 Å². The van der Waals surface area contributed by atoms with Gasteiger partial charge in [0.05, 0.1) is 11.1 Å². The monoisotopic (exact) mass is 322 g/mol. The van der Waals surface area contributed by atoms with Crippen molar-refractivity contribution in [3.05, 3.63) is 66.6 Å². The van der Waals surface area contributed by atoms with Gasteiger partial charge in [-0.1, -0.05) is 24.3 Å². The minimum Gasteiger partial charge on any atom is -1.00 e. The fraction of sp³-hybridized carbons (Fsp3) is 0.133. The number of hydrogen-bond donors (Lipinski definition) is 0. The largest absolute Gasteiger partial charge is 1.00 e. The van der Waals surface area contributed by atoms with Gasteiger partial charge in [-0.15, -0.1) is 0 Å². The van der Waals surface area contributed by atoms with Crippen LogP contribution >= 0.6 is 0 Å². The van der Waals surface area contributed by atoms with Gasteiger partial charge in [-0.25, -0.2) is 17.4 Å². The summed E-state index contributed by atoms with van der Waals surface area (Å²) < 4.78 is 27.7. The minimum atomic E-state index is -3.21. The standard InChI is InChI=1S/C15H15N2O2S.ClH/c1-20(18,19)14-7-3-2-6-13(14)12-17-11-10-16-9-5-4-8-15(16)17;/h2-11H,12H2,1H3;1H/q+1;/p-1. The van der Waals surface area contributed by atoms with E-state index in [2.05, 4.69) is 0 Å². The third kappa shape index (κ3) is 3.09. The van der Waals surface area contributed by atoms with Crippen LogP contribution in [-0.4, -0.2) is 19.2 Å². The molecule has 0 aliphatic rings. The third-order valence-electron chi connectivity index (χ3n) is 3.28. The maximum absolute atomic E-state index is 11.8. The van der Waals surface area contributed by atoms with Gasteiger partial charge in [-0.3, -0.25) is 0 Å². The molecule has 0 saturated carbocycles. The average Bonchev–Trinajstić information content (AvgIpc) is 2.82. The SMILES string of the molecule is CS(=O)(=O)c1ccccc1Cn1cc[n+]2ccccc12.[Cl-]. The number of halogens is 1. The lowest BCUT2D eigenvalue weighted by Crippen LogP contribution is -3.00. The van der Waals surface area contributed by atoms with Crippen LogP contribution in [0.25, 0.3) is 5.65 Å². The van der Waals surface area contributed by atoms with E-state index < -0.39 is 9.84 Å². The summed E-state index contributed by atoms with van der Waals surface area (Å²) in [6.45, 7) is 0.532. The smallest absolute Gasteiger partial charge is 0.286 e. The van der Waals surface area contributed by atoms with Crippen molar-refractivity contribution >= 4 is 15.5 Å². The lowest BCUT2D eigenvalue weighted by molar-refractivity contribution is -0.510. The first-order valence-corrected chi connectivity index (χ1v) is 8.18. The maximum Gasteiger partial charge on any atom is 0.286 e. The molecule has 0 atom stereocenters. The fourth-order valence-electron chi connectivity index (χ4n) is 2.36. The van der Waals surface area contributed by atoms with Crippen LogP contribution in [-0.2, 0) is 16.4 Å². The molecule has 2 heterocycles. The Bertz CT molecular complexity index is 872. The van der Waals surface area contributed by atoms with Crippen LogP contribution in [0.3, 0.4) is 0 Å². The highest BCUT2D eigenvalue weighted by Crippen LogP contribution is 2.17. The van der Waals surface area contributed by atoms with E-state index in [1.165, 1.54) is 6.26 Å². The second-order valence-corrected chi connectivity index (χ2v) is 6.76. The van der Waals surface area contributed by atoms with Gasteiger partial charge >= 0.3 is 0 Å². The summed E-state index contributed by atoms with van der Waals surface area (Å²) in [5.74, 6) is 0. The van der Waals surface area contributed by atoms with Crippen LogP contribution in [0, 0.1) is 0 Å². The zero-order chi connectivity index (χ0) is 14.2. The predicted molar refractivity (Wildman–Crippen MR) is 76.2 cm³/mol. The number of rotatable bonds is 3. The number of benzene rings is 1. The Kier molecular flexibility index (Phi) is 4.34. The van der Waals surface area contributed by atoms with E-state index in [4.69, 9.17) is 0 Å². The first kappa shape index (κ1) is 15.5. The molecule has 21 heavy (non-hydrogen) atoms. The molecule has 0 radical (unpaired) electrons. The molecule has 0 aliphatic heterocycles. The molecule has 0 amide bonds. The second-order valence-electron chi connectivity index (χ2n) is 4.77. The lowest BCUT2D eigenvalue weighted by Gasteiger charge is -2.05. The summed E-state index contributed by atoms with van der Waals surface area (Å²) >= 11 is 0. The van der Waals surface area contributed by atoms with E-state index in [9.17, 15) is 8.42 Å². The van der Waals surface area contributed by atoms with Crippen LogP contribution in [0.1, 0.15) is 5.56 Å². The Labute approximate surface area is 130 Å². The Morgan fingerprint density at radius 2 is 1.76 bits per heavy atom. The summed E-state index contributed by atoms with van der Waals surface area (Å²) in [7, 11) is -3.21. The zero-order valence-corrected chi connectivity index (χ0v) is 13.1. The van der Waals surface area contributed by atoms with Crippen LogP contribution in [0.4, 0.5) is 0 Å². The number of nitrogens with zero attached hydrogens (tertiary/aromatic N) is 2. The topological polar surface area (TPSA) is 43.2 Å². The van der Waals surface area contributed by atoms with E-state index in [0.29, 0.717) is 11.4 Å². The first-order valence-electron chi connectivity index (χ1n) is 6.29. The highest BCUT2D eigenvalue weighted by atomic mass is 35.5. The van der Waals surface area contributed by atoms with Crippen molar-refractivity contribution < 1.29 is 25.2 Å². The molecular weight excluding hydrogens is 308 g/mol. The molecule has 6 heteroatoms. The molecule has 0 aliphatic carbocycles. The molecule has 0 unspecified atom stereocenters. The molecule has 0 saturated heterocycles. The van der Waals surface area contributed by atoms with Gasteiger partial charge in [0.2, 0.25) is 0 Å². The van der Waals surface area contributed by atoms with Crippen LogP contribution in [0.15, 0.2) is 66.0 Å². The molecule has 0 spiro atoms. The normalized spacial score (nSPS) is 11.3. The summed E-state index contributed by atoms with van der Waals surface area (Å²) in [5, 5.41) is 0. The van der Waals surface area contributed by atoms with Crippen molar-refractivity contribution in [2.75, 3.05) is 6.26 Å². The van der Waals surface area contributed by atoms with E-state index in [0.717, 1.165) is 11.2 Å². The Morgan fingerprint density at radius 1 is 1.05 bits per heavy atom. The number of fused-ring (bicyclic) bond motifs is 1. The van der Waals surface area contributed by atoms with Crippen molar-refractivity contribution in [2.24, 2.45) is 0 Å². The van der Waals surface area contributed by atoms with Gasteiger partial charge < -0.3 is 12.4 Å². The third-order valence-corrected chi connectivity index (χ3v) is 4.48. The van der Waals surface area contributed by atoms with Crippen LogP contribution < -0.4 is 16.8 Å². The molecule has 2 aromatic heterocycles. The fourth-order valence-corrected chi connectivity index (χ4v) is 3.29. The van der Waals surface area contributed by atoms with Gasteiger partial charge in [-0.05, 0) is 12.1 Å². The van der Waals surface area contributed by atoms with E-state index in [-0.39, 0.29) is 12.4 Å². The molecular formula is C15H15ClN2O2S. The molecule has 110 valence electrons. The number of aromatic nitrogens is 2. The van der Waals surface area contributed by atoms with Crippen molar-refractivity contribution in [1.82, 2.24) is 4.57 Å². The molecule has 0 bridgehead atoms. The van der Waals surface area contributed by atoms with E-state index >= 15 is 0 Å². The highest BCUT2D eigenvalue weighted by molar-refractivity contribution is 7.90. The summed E-state index contributed by atoms with van der Waals surface area (Å²) in [4.78, 5) is 0.391. The van der Waals surface area contributed by atoms with Crippen molar-refractivity contribution in [3.8, 4) is 0 Å². The zero-order valence-electron chi connectivity index (χ0n) is 11.5. The summed E-state index contributed by atoms with van der Waals surface area (Å²) in [5.41, 5.74) is 1.83. The van der Waals surface area contributed by atoms with Gasteiger partial charge in [0.15, 0.2) is 9.84 Å². The summed E-state index contributed by atoms with van der Waals surface area (Å²) in [6.07, 6.45) is 7.12. The van der Waals surface area contributed by atoms with Gasteiger partial charge in [0, 0.05) is 17.9 Å². The second kappa shape index (κ2) is 5.87. The van der Waals surface area contributed by atoms with Crippen molar-refractivity contribution in [2.45, 2.75) is 11.4 Å². The minimum absolute atomic E-state index is 0. The average molecular weight is 323 g/mol. The lowest BCUT2D eigenvalue weighted by atomic mass is 10.2. The molecule has 0 N–H and O–H groups in total. The summed E-state index contributed by atoms with van der Waals surface area (Å²) in [6, 6.07) is 13.1. The van der Waals surface area contributed by atoms with Crippen molar-refractivity contribution in [1.29, 1.82) is 0 Å². The number of imidazole rings is 1. The molecule has 0 fully saturated rings. The Hall–Kier alpha value is -1.85. The number of sulfone groups is 1. The van der Waals surface area contributed by atoms with Gasteiger partial charge in [0.25, 0.3) is 5.65 Å². The predicted octanol–water partition coefficient (Wildman–Crippen LogP) is -1.32. The molecule has 4 nitrogen and oxygen atoms in total. The molecule has 1 aromatic carbocycles. The van der Waals surface area contributed by atoms with E-state index in [1.54, 1.807) is 12.1 Å². The Morgan fingerprint density at radius 3 is 2.52 bits per heavy atom. The Balaban J connectivity index is 0.00000161. The van der Waals surface area contributed by atoms with Crippen LogP contribution in [0.5, 0.6) is 0 Å². The molecule has 3 rings (SSSR count). The van der Waals surface area contributed by atoms with Crippen molar-refractivity contribution in [3.63, 3.8) is 0 Å². The van der Waals surface area contributed by atoms with Gasteiger partial charge in [0.1, 0.15) is 18.9 Å².